The average Bonchev–Trinajstić information content (AvgIpc) is 2.38. The molecule has 0 heterocycles. The summed E-state index contributed by atoms with van der Waals surface area (Å²) in [6, 6.07) is 7.27. The van der Waals surface area contributed by atoms with E-state index in [0.29, 0.717) is 13.0 Å². The van der Waals surface area contributed by atoms with Crippen molar-refractivity contribution in [2.75, 3.05) is 19.4 Å². The molecule has 100 valence electrons. The third kappa shape index (κ3) is 4.58. The molecule has 1 rings (SSSR count). The van der Waals surface area contributed by atoms with Gasteiger partial charge in [-0.25, -0.2) is 0 Å². The van der Waals surface area contributed by atoms with E-state index in [0.717, 1.165) is 16.4 Å². The Hall–Kier alpha value is -1.20. The van der Waals surface area contributed by atoms with Crippen LogP contribution >= 0.6 is 11.8 Å². The molecule has 0 fully saturated rings. The molecule has 0 aliphatic carbocycles. The van der Waals surface area contributed by atoms with Gasteiger partial charge in [0.2, 0.25) is 0 Å². The molecule has 0 spiro atoms. The average molecular weight is 269 g/mol. The lowest BCUT2D eigenvalue weighted by molar-refractivity contribution is -0.139. The number of carboxylic acids is 1. The number of thioether (sulfide) groups is 1. The van der Waals surface area contributed by atoms with Crippen molar-refractivity contribution in [3.05, 3.63) is 24.3 Å². The number of hydrogen-bond donors (Lipinski definition) is 2. The smallest absolute Gasteiger partial charge is 0.320 e. The van der Waals surface area contributed by atoms with Crippen molar-refractivity contribution in [1.82, 2.24) is 5.32 Å². The Kier molecular flexibility index (Phi) is 6.60. The standard InChI is InChI=1S/C13H19NO3S/c1-3-14-10(13(15)16)8-9-18-12-7-5-4-6-11(12)17-2/h4-7,10,14H,3,8-9H2,1-2H3,(H,15,16). The van der Waals surface area contributed by atoms with Crippen molar-refractivity contribution < 1.29 is 14.6 Å². The molecule has 0 radical (unpaired) electrons. The first-order valence-corrected chi connectivity index (χ1v) is 6.89. The summed E-state index contributed by atoms with van der Waals surface area (Å²) in [6.45, 7) is 2.57. The first-order valence-electron chi connectivity index (χ1n) is 5.91. The van der Waals surface area contributed by atoms with E-state index in [2.05, 4.69) is 5.32 Å². The highest BCUT2D eigenvalue weighted by Gasteiger charge is 2.15. The number of ether oxygens (including phenoxy) is 1. The fraction of sp³-hybridized carbons (Fsp3) is 0.462. The summed E-state index contributed by atoms with van der Waals surface area (Å²) >= 11 is 1.61. The predicted molar refractivity (Wildman–Crippen MR) is 73.4 cm³/mol. The summed E-state index contributed by atoms with van der Waals surface area (Å²) in [7, 11) is 1.64. The van der Waals surface area contributed by atoms with Crippen LogP contribution in [0.1, 0.15) is 13.3 Å². The predicted octanol–water partition coefficient (Wildman–Crippen LogP) is 2.24. The summed E-state index contributed by atoms with van der Waals surface area (Å²) in [5.41, 5.74) is 0. The minimum absolute atomic E-state index is 0.475. The summed E-state index contributed by atoms with van der Waals surface area (Å²) < 4.78 is 5.25. The van der Waals surface area contributed by atoms with E-state index in [1.165, 1.54) is 0 Å². The number of hydrogen-bond acceptors (Lipinski definition) is 4. The van der Waals surface area contributed by atoms with Crippen LogP contribution in [0, 0.1) is 0 Å². The minimum Gasteiger partial charge on any atom is -0.496 e. The van der Waals surface area contributed by atoms with E-state index in [9.17, 15) is 4.79 Å². The van der Waals surface area contributed by atoms with Gasteiger partial charge in [0.05, 0.1) is 7.11 Å². The minimum atomic E-state index is -0.794. The highest BCUT2D eigenvalue weighted by molar-refractivity contribution is 7.99. The van der Waals surface area contributed by atoms with Gasteiger partial charge < -0.3 is 15.2 Å². The van der Waals surface area contributed by atoms with Crippen molar-refractivity contribution in [3.63, 3.8) is 0 Å². The SMILES string of the molecule is CCNC(CCSc1ccccc1OC)C(=O)O. The zero-order valence-corrected chi connectivity index (χ0v) is 11.5. The number of rotatable bonds is 8. The maximum absolute atomic E-state index is 11.0. The normalized spacial score (nSPS) is 12.1. The van der Waals surface area contributed by atoms with Crippen molar-refractivity contribution in [1.29, 1.82) is 0 Å². The number of benzene rings is 1. The maximum atomic E-state index is 11.0. The van der Waals surface area contributed by atoms with E-state index < -0.39 is 12.0 Å². The van der Waals surface area contributed by atoms with Crippen LogP contribution in [0.2, 0.25) is 0 Å². The number of carbonyl (C=O) groups is 1. The van der Waals surface area contributed by atoms with Gasteiger partial charge in [0.1, 0.15) is 11.8 Å². The quantitative estimate of drug-likeness (QED) is 0.709. The molecular formula is C13H19NO3S. The van der Waals surface area contributed by atoms with Gasteiger partial charge in [-0.2, -0.15) is 0 Å². The Morgan fingerprint density at radius 2 is 2.22 bits per heavy atom. The molecule has 1 atom stereocenters. The van der Waals surface area contributed by atoms with Gasteiger partial charge >= 0.3 is 5.97 Å². The lowest BCUT2D eigenvalue weighted by atomic mass is 10.2. The monoisotopic (exact) mass is 269 g/mol. The van der Waals surface area contributed by atoms with Crippen LogP contribution in [0.15, 0.2) is 29.2 Å². The van der Waals surface area contributed by atoms with Crippen molar-refractivity contribution in [2.24, 2.45) is 0 Å². The Bertz CT molecular complexity index is 384. The number of likely N-dealkylation sites (N-methyl/N-ethyl adjacent to an activating group) is 1. The van der Waals surface area contributed by atoms with Crippen molar-refractivity contribution >= 4 is 17.7 Å². The van der Waals surface area contributed by atoms with Crippen LogP contribution in [0.25, 0.3) is 0 Å². The topological polar surface area (TPSA) is 58.6 Å². The number of para-hydroxylation sites is 1. The number of carboxylic acid groups (broad SMARTS) is 1. The number of nitrogens with one attached hydrogen (secondary N) is 1. The summed E-state index contributed by atoms with van der Waals surface area (Å²) in [5, 5.41) is 12.0. The van der Waals surface area contributed by atoms with Gasteiger partial charge in [-0.3, -0.25) is 4.79 Å². The second kappa shape index (κ2) is 8.00. The number of methoxy groups -OCH3 is 1. The van der Waals surface area contributed by atoms with Crippen molar-refractivity contribution in [3.8, 4) is 5.75 Å². The van der Waals surface area contributed by atoms with Gasteiger partial charge in [-0.05, 0) is 25.1 Å². The molecule has 18 heavy (non-hydrogen) atoms. The van der Waals surface area contributed by atoms with Gasteiger partial charge in [-0.15, -0.1) is 11.8 Å². The maximum Gasteiger partial charge on any atom is 0.320 e. The third-order valence-corrected chi connectivity index (χ3v) is 3.57. The molecule has 0 saturated carbocycles. The molecule has 1 aromatic carbocycles. The van der Waals surface area contributed by atoms with Crippen LogP contribution in [0.3, 0.4) is 0 Å². The Morgan fingerprint density at radius 1 is 1.50 bits per heavy atom. The second-order valence-electron chi connectivity index (χ2n) is 3.74. The fourth-order valence-electron chi connectivity index (χ4n) is 1.58. The summed E-state index contributed by atoms with van der Waals surface area (Å²) in [4.78, 5) is 12.0. The molecule has 0 aliphatic rings. The van der Waals surface area contributed by atoms with Crippen LogP contribution in [0.5, 0.6) is 5.75 Å². The Morgan fingerprint density at radius 3 is 2.83 bits per heavy atom. The molecule has 0 aliphatic heterocycles. The van der Waals surface area contributed by atoms with E-state index in [4.69, 9.17) is 9.84 Å². The Balaban J connectivity index is 2.47. The zero-order valence-electron chi connectivity index (χ0n) is 10.7. The highest BCUT2D eigenvalue weighted by Crippen LogP contribution is 2.29. The highest BCUT2D eigenvalue weighted by atomic mass is 32.2. The first kappa shape index (κ1) is 14.9. The lowest BCUT2D eigenvalue weighted by Gasteiger charge is -2.13. The van der Waals surface area contributed by atoms with Gasteiger partial charge in [-0.1, -0.05) is 19.1 Å². The molecular weight excluding hydrogens is 250 g/mol. The summed E-state index contributed by atoms with van der Waals surface area (Å²) in [6.07, 6.45) is 0.589. The van der Waals surface area contributed by atoms with E-state index >= 15 is 0 Å². The zero-order chi connectivity index (χ0) is 13.4. The Labute approximate surface area is 112 Å². The molecule has 1 unspecified atom stereocenters. The molecule has 5 heteroatoms. The first-order chi connectivity index (χ1) is 8.69. The van der Waals surface area contributed by atoms with E-state index in [1.807, 2.05) is 31.2 Å². The lowest BCUT2D eigenvalue weighted by Crippen LogP contribution is -2.36. The summed E-state index contributed by atoms with van der Waals surface area (Å²) in [5.74, 6) is 0.778. The van der Waals surface area contributed by atoms with Gasteiger partial charge in [0.25, 0.3) is 0 Å². The molecule has 0 amide bonds. The van der Waals surface area contributed by atoms with Crippen LogP contribution in [-0.2, 0) is 4.79 Å². The van der Waals surface area contributed by atoms with Crippen LogP contribution in [0.4, 0.5) is 0 Å². The fourth-order valence-corrected chi connectivity index (χ4v) is 2.63. The van der Waals surface area contributed by atoms with Crippen molar-refractivity contribution in [2.45, 2.75) is 24.3 Å². The van der Waals surface area contributed by atoms with E-state index in [1.54, 1.807) is 18.9 Å². The second-order valence-corrected chi connectivity index (χ2v) is 4.87. The van der Waals surface area contributed by atoms with Gasteiger partial charge in [0.15, 0.2) is 0 Å². The molecule has 4 nitrogen and oxygen atoms in total. The molecule has 0 bridgehead atoms. The third-order valence-electron chi connectivity index (χ3n) is 2.48. The molecule has 0 aromatic heterocycles. The largest absolute Gasteiger partial charge is 0.496 e. The molecule has 2 N–H and O–H groups in total. The van der Waals surface area contributed by atoms with Crippen LogP contribution in [-0.4, -0.2) is 36.5 Å². The molecule has 1 aromatic rings. The number of aliphatic carboxylic acids is 1. The molecule has 0 saturated heterocycles. The van der Waals surface area contributed by atoms with Gasteiger partial charge in [0, 0.05) is 10.6 Å². The van der Waals surface area contributed by atoms with E-state index in [-0.39, 0.29) is 0 Å². The van der Waals surface area contributed by atoms with Crippen LogP contribution < -0.4 is 10.1 Å².